The quantitative estimate of drug-likeness (QED) is 0.816. The molecule has 1 fully saturated rings. The van der Waals surface area contributed by atoms with Crippen LogP contribution in [-0.2, 0) is 6.42 Å². The van der Waals surface area contributed by atoms with Gasteiger partial charge in [0.15, 0.2) is 0 Å². The average Bonchev–Trinajstić information content (AvgIpc) is 2.73. The van der Waals surface area contributed by atoms with Crippen LogP contribution >= 0.6 is 0 Å². The maximum atomic E-state index is 4.42. The molecule has 82 valence electrons. The van der Waals surface area contributed by atoms with E-state index in [2.05, 4.69) is 27.4 Å². The van der Waals surface area contributed by atoms with Gasteiger partial charge in [-0.05, 0) is 25.4 Å². The van der Waals surface area contributed by atoms with Crippen LogP contribution in [0.25, 0.3) is 11.4 Å². The third kappa shape index (κ3) is 1.86. The number of imidazole rings is 1. The molecular weight excluding hydrogens is 198 g/mol. The Bertz CT molecular complexity index is 457. The van der Waals surface area contributed by atoms with Gasteiger partial charge in [-0.3, -0.25) is 0 Å². The Balaban J connectivity index is 1.77. The van der Waals surface area contributed by atoms with Gasteiger partial charge < -0.3 is 10.3 Å². The molecule has 2 aromatic rings. The molecule has 0 saturated carbocycles. The van der Waals surface area contributed by atoms with Crippen LogP contribution in [0.3, 0.4) is 0 Å². The summed E-state index contributed by atoms with van der Waals surface area (Å²) in [7, 11) is 0. The minimum Gasteiger partial charge on any atom is -0.342 e. The minimum absolute atomic E-state index is 0.782. The van der Waals surface area contributed by atoms with Gasteiger partial charge in [0.2, 0.25) is 0 Å². The summed E-state index contributed by atoms with van der Waals surface area (Å²) in [6.07, 6.45) is 3.06. The van der Waals surface area contributed by atoms with Crippen molar-refractivity contribution in [3.63, 3.8) is 0 Å². The lowest BCUT2D eigenvalue weighted by Gasteiger charge is -2.26. The third-order valence-corrected chi connectivity index (χ3v) is 3.05. The highest BCUT2D eigenvalue weighted by molar-refractivity contribution is 5.54. The number of H-pyrrole nitrogens is 1. The molecule has 16 heavy (non-hydrogen) atoms. The SMILES string of the molecule is c1ccc(-c2ncc(CC3CNC3)[nH]2)cc1. The molecule has 0 aliphatic carbocycles. The van der Waals surface area contributed by atoms with Gasteiger partial charge in [-0.1, -0.05) is 30.3 Å². The number of aromatic nitrogens is 2. The molecule has 0 unspecified atom stereocenters. The number of rotatable bonds is 3. The van der Waals surface area contributed by atoms with E-state index in [1.165, 1.54) is 5.69 Å². The van der Waals surface area contributed by atoms with Crippen molar-refractivity contribution in [3.8, 4) is 11.4 Å². The molecule has 1 aliphatic heterocycles. The Morgan fingerprint density at radius 1 is 1.19 bits per heavy atom. The molecule has 0 radical (unpaired) electrons. The highest BCUT2D eigenvalue weighted by Crippen LogP contribution is 2.17. The summed E-state index contributed by atoms with van der Waals surface area (Å²) in [5.74, 6) is 1.76. The van der Waals surface area contributed by atoms with E-state index in [-0.39, 0.29) is 0 Å². The number of nitrogens with one attached hydrogen (secondary N) is 2. The number of hydrogen-bond donors (Lipinski definition) is 2. The number of aromatic amines is 1. The molecule has 0 bridgehead atoms. The van der Waals surface area contributed by atoms with Crippen LogP contribution in [0.1, 0.15) is 5.69 Å². The lowest BCUT2D eigenvalue weighted by molar-refractivity contribution is 0.344. The Morgan fingerprint density at radius 3 is 2.69 bits per heavy atom. The summed E-state index contributed by atoms with van der Waals surface area (Å²) in [5.41, 5.74) is 2.39. The van der Waals surface area contributed by atoms with Crippen molar-refractivity contribution in [2.24, 2.45) is 5.92 Å². The normalized spacial score (nSPS) is 16.0. The molecule has 0 amide bonds. The number of hydrogen-bond acceptors (Lipinski definition) is 2. The van der Waals surface area contributed by atoms with Crippen LogP contribution in [-0.4, -0.2) is 23.1 Å². The molecule has 1 aromatic carbocycles. The van der Waals surface area contributed by atoms with Crippen LogP contribution in [0.2, 0.25) is 0 Å². The summed E-state index contributed by atoms with van der Waals surface area (Å²) in [6.45, 7) is 2.28. The molecule has 3 heteroatoms. The molecule has 1 saturated heterocycles. The van der Waals surface area contributed by atoms with Gasteiger partial charge in [-0.2, -0.15) is 0 Å². The topological polar surface area (TPSA) is 40.7 Å². The smallest absolute Gasteiger partial charge is 0.137 e. The molecule has 1 aliphatic rings. The van der Waals surface area contributed by atoms with E-state index in [1.807, 2.05) is 24.4 Å². The fourth-order valence-corrected chi connectivity index (χ4v) is 2.01. The molecule has 0 atom stereocenters. The van der Waals surface area contributed by atoms with Crippen molar-refractivity contribution in [2.45, 2.75) is 6.42 Å². The summed E-state index contributed by atoms with van der Waals surface area (Å²) >= 11 is 0. The van der Waals surface area contributed by atoms with Gasteiger partial charge in [0.1, 0.15) is 5.82 Å². The fraction of sp³-hybridized carbons (Fsp3) is 0.308. The van der Waals surface area contributed by atoms with Crippen molar-refractivity contribution in [3.05, 3.63) is 42.2 Å². The number of benzene rings is 1. The molecular formula is C13H15N3. The van der Waals surface area contributed by atoms with Gasteiger partial charge in [0, 0.05) is 17.5 Å². The molecule has 1 aromatic heterocycles. The van der Waals surface area contributed by atoms with E-state index >= 15 is 0 Å². The molecule has 3 nitrogen and oxygen atoms in total. The molecule has 0 spiro atoms. The predicted octanol–water partition coefficient (Wildman–Crippen LogP) is 1.84. The highest BCUT2D eigenvalue weighted by Gasteiger charge is 2.17. The summed E-state index contributed by atoms with van der Waals surface area (Å²) in [5, 5.41) is 3.29. The predicted molar refractivity (Wildman–Crippen MR) is 64.1 cm³/mol. The molecule has 2 heterocycles. The maximum Gasteiger partial charge on any atom is 0.137 e. The third-order valence-electron chi connectivity index (χ3n) is 3.05. The lowest BCUT2D eigenvalue weighted by Crippen LogP contribution is -2.43. The van der Waals surface area contributed by atoms with Crippen LogP contribution in [0.5, 0.6) is 0 Å². The Kier molecular flexibility index (Phi) is 2.46. The summed E-state index contributed by atoms with van der Waals surface area (Å²) in [4.78, 5) is 7.81. The Morgan fingerprint density at radius 2 is 2.00 bits per heavy atom. The van der Waals surface area contributed by atoms with Crippen molar-refractivity contribution in [1.82, 2.24) is 15.3 Å². The Labute approximate surface area is 94.9 Å². The first-order chi connectivity index (χ1) is 7.92. The first kappa shape index (κ1) is 9.60. The molecule has 2 N–H and O–H groups in total. The second kappa shape index (κ2) is 4.10. The average molecular weight is 213 g/mol. The summed E-state index contributed by atoms with van der Waals surface area (Å²) in [6, 6.07) is 10.2. The number of nitrogens with zero attached hydrogens (tertiary/aromatic N) is 1. The Hall–Kier alpha value is -1.61. The minimum atomic E-state index is 0.782. The zero-order valence-corrected chi connectivity index (χ0v) is 9.11. The summed E-state index contributed by atoms with van der Waals surface area (Å²) < 4.78 is 0. The van der Waals surface area contributed by atoms with E-state index in [0.29, 0.717) is 0 Å². The van der Waals surface area contributed by atoms with Crippen LogP contribution in [0.4, 0.5) is 0 Å². The van der Waals surface area contributed by atoms with Crippen LogP contribution in [0.15, 0.2) is 36.5 Å². The van der Waals surface area contributed by atoms with Crippen molar-refractivity contribution >= 4 is 0 Å². The second-order valence-corrected chi connectivity index (χ2v) is 4.35. The van der Waals surface area contributed by atoms with E-state index < -0.39 is 0 Å². The first-order valence-corrected chi connectivity index (χ1v) is 5.72. The highest BCUT2D eigenvalue weighted by atomic mass is 15.0. The maximum absolute atomic E-state index is 4.42. The fourth-order valence-electron chi connectivity index (χ4n) is 2.01. The van der Waals surface area contributed by atoms with Gasteiger partial charge in [-0.15, -0.1) is 0 Å². The first-order valence-electron chi connectivity index (χ1n) is 5.72. The zero-order chi connectivity index (χ0) is 10.8. The van der Waals surface area contributed by atoms with Crippen molar-refractivity contribution in [1.29, 1.82) is 0 Å². The van der Waals surface area contributed by atoms with Gasteiger partial charge in [-0.25, -0.2) is 4.98 Å². The van der Waals surface area contributed by atoms with Crippen LogP contribution < -0.4 is 5.32 Å². The van der Waals surface area contributed by atoms with Crippen molar-refractivity contribution in [2.75, 3.05) is 13.1 Å². The molecule has 3 rings (SSSR count). The van der Waals surface area contributed by atoms with Crippen molar-refractivity contribution < 1.29 is 0 Å². The van der Waals surface area contributed by atoms with Crippen LogP contribution in [0, 0.1) is 5.92 Å². The van der Waals surface area contributed by atoms with E-state index in [9.17, 15) is 0 Å². The zero-order valence-electron chi connectivity index (χ0n) is 9.11. The standard InChI is InChI=1S/C13H15N3/c1-2-4-11(5-3-1)13-15-9-12(16-13)6-10-7-14-8-10/h1-5,9-10,14H,6-8H2,(H,15,16). The van der Waals surface area contributed by atoms with E-state index in [0.717, 1.165) is 36.8 Å². The monoisotopic (exact) mass is 213 g/mol. The lowest BCUT2D eigenvalue weighted by atomic mass is 9.98. The van der Waals surface area contributed by atoms with E-state index in [4.69, 9.17) is 0 Å². The van der Waals surface area contributed by atoms with Gasteiger partial charge in [0.25, 0.3) is 0 Å². The van der Waals surface area contributed by atoms with Gasteiger partial charge in [0.05, 0.1) is 0 Å². The van der Waals surface area contributed by atoms with Gasteiger partial charge >= 0.3 is 0 Å². The van der Waals surface area contributed by atoms with E-state index in [1.54, 1.807) is 0 Å². The second-order valence-electron chi connectivity index (χ2n) is 4.35. The largest absolute Gasteiger partial charge is 0.342 e.